The lowest BCUT2D eigenvalue weighted by molar-refractivity contribution is -0.132. The zero-order valence-corrected chi connectivity index (χ0v) is 13.4. The van der Waals surface area contributed by atoms with Gasteiger partial charge in [0.2, 0.25) is 11.8 Å². The van der Waals surface area contributed by atoms with E-state index in [1.165, 1.54) is 0 Å². The Bertz CT molecular complexity index is 508. The monoisotopic (exact) mass is 303 g/mol. The summed E-state index contributed by atoms with van der Waals surface area (Å²) in [6, 6.07) is 9.52. The molecular weight excluding hydrogens is 278 g/mol. The minimum absolute atomic E-state index is 0.0580. The average molecular weight is 303 g/mol. The normalized spacial score (nSPS) is 16.1. The highest BCUT2D eigenvalue weighted by molar-refractivity contribution is 5.81. The second kappa shape index (κ2) is 7.29. The number of hydrogen-bond acceptors (Lipinski definition) is 3. The van der Waals surface area contributed by atoms with E-state index >= 15 is 0 Å². The van der Waals surface area contributed by atoms with E-state index in [-0.39, 0.29) is 17.2 Å². The summed E-state index contributed by atoms with van der Waals surface area (Å²) in [5, 5.41) is 0. The molecule has 22 heavy (non-hydrogen) atoms. The predicted octanol–water partition coefficient (Wildman–Crippen LogP) is 2.56. The van der Waals surface area contributed by atoms with E-state index in [0.29, 0.717) is 12.8 Å². The van der Waals surface area contributed by atoms with Crippen LogP contribution >= 0.6 is 0 Å². The Morgan fingerprint density at radius 1 is 1.09 bits per heavy atom. The van der Waals surface area contributed by atoms with Gasteiger partial charge in [0.15, 0.2) is 0 Å². The van der Waals surface area contributed by atoms with Crippen LogP contribution in [0.25, 0.3) is 0 Å². The van der Waals surface area contributed by atoms with Crippen molar-refractivity contribution in [2.75, 3.05) is 19.5 Å². The lowest BCUT2D eigenvalue weighted by Gasteiger charge is -2.29. The van der Waals surface area contributed by atoms with Gasteiger partial charge < -0.3 is 4.90 Å². The molecule has 120 valence electrons. The molecule has 0 spiro atoms. The quantitative estimate of drug-likeness (QED) is 0.794. The van der Waals surface area contributed by atoms with E-state index in [2.05, 4.69) is 10.9 Å². The van der Waals surface area contributed by atoms with Gasteiger partial charge in [0, 0.05) is 26.9 Å². The van der Waals surface area contributed by atoms with E-state index in [0.717, 1.165) is 31.4 Å². The molecule has 1 aromatic carbocycles. The Labute approximate surface area is 132 Å². The fraction of sp³-hybridized carbons (Fsp3) is 0.529. The molecule has 5 heteroatoms. The van der Waals surface area contributed by atoms with Gasteiger partial charge in [0.1, 0.15) is 0 Å². The van der Waals surface area contributed by atoms with E-state index in [1.807, 2.05) is 30.3 Å². The molecule has 1 fully saturated rings. The van der Waals surface area contributed by atoms with Crippen LogP contribution in [0, 0.1) is 5.41 Å². The zero-order valence-electron chi connectivity index (χ0n) is 13.4. The van der Waals surface area contributed by atoms with E-state index < -0.39 is 0 Å². The number of para-hydroxylation sites is 1. The maximum Gasteiger partial charge on any atom is 0.238 e. The molecule has 0 saturated heterocycles. The minimum atomic E-state index is -0.177. The molecule has 0 atom stereocenters. The summed E-state index contributed by atoms with van der Waals surface area (Å²) in [6.45, 7) is 0. The van der Waals surface area contributed by atoms with Crippen molar-refractivity contribution >= 4 is 17.5 Å². The molecule has 0 aromatic heterocycles. The van der Waals surface area contributed by atoms with Crippen molar-refractivity contribution < 1.29 is 9.59 Å². The number of nitrogens with one attached hydrogen (secondary N) is 2. The fourth-order valence-electron chi connectivity index (χ4n) is 3.07. The molecule has 2 rings (SSSR count). The van der Waals surface area contributed by atoms with Crippen molar-refractivity contribution in [2.24, 2.45) is 5.41 Å². The van der Waals surface area contributed by atoms with Gasteiger partial charge in [-0.25, -0.2) is 0 Å². The summed E-state index contributed by atoms with van der Waals surface area (Å²) in [6.07, 6.45) is 4.95. The SMILES string of the molecule is CN(C)C(=O)CC1(CC(=O)NNc2ccccc2)CCCC1. The van der Waals surface area contributed by atoms with Gasteiger partial charge in [0.05, 0.1) is 5.69 Å². The van der Waals surface area contributed by atoms with Crippen LogP contribution in [0.5, 0.6) is 0 Å². The standard InChI is InChI=1S/C17H25N3O2/c1-20(2)16(22)13-17(10-6-7-11-17)12-15(21)19-18-14-8-4-3-5-9-14/h3-5,8-9,18H,6-7,10-13H2,1-2H3,(H,19,21). The molecule has 1 aliphatic carbocycles. The van der Waals surface area contributed by atoms with E-state index in [4.69, 9.17) is 0 Å². The molecule has 0 heterocycles. The van der Waals surface area contributed by atoms with Crippen LogP contribution < -0.4 is 10.9 Å². The molecule has 2 amide bonds. The molecule has 1 saturated carbocycles. The van der Waals surface area contributed by atoms with Gasteiger partial charge in [-0.2, -0.15) is 0 Å². The molecule has 0 bridgehead atoms. The minimum Gasteiger partial charge on any atom is -0.349 e. The van der Waals surface area contributed by atoms with Crippen molar-refractivity contribution in [3.05, 3.63) is 30.3 Å². The summed E-state index contributed by atoms with van der Waals surface area (Å²) < 4.78 is 0. The number of carbonyl (C=O) groups excluding carboxylic acids is 2. The van der Waals surface area contributed by atoms with Gasteiger partial charge in [-0.3, -0.25) is 20.4 Å². The van der Waals surface area contributed by atoms with Gasteiger partial charge in [0.25, 0.3) is 0 Å². The molecule has 0 aliphatic heterocycles. The van der Waals surface area contributed by atoms with Crippen LogP contribution in [0.1, 0.15) is 38.5 Å². The number of carbonyl (C=O) groups is 2. The Kier molecular flexibility index (Phi) is 5.41. The van der Waals surface area contributed by atoms with E-state index in [1.54, 1.807) is 19.0 Å². The van der Waals surface area contributed by atoms with Gasteiger partial charge >= 0.3 is 0 Å². The number of rotatable bonds is 6. The topological polar surface area (TPSA) is 61.4 Å². The van der Waals surface area contributed by atoms with Crippen LogP contribution in [0.4, 0.5) is 5.69 Å². The molecule has 0 radical (unpaired) electrons. The average Bonchev–Trinajstić information content (AvgIpc) is 2.94. The lowest BCUT2D eigenvalue weighted by Crippen LogP contribution is -2.37. The van der Waals surface area contributed by atoms with Crippen molar-refractivity contribution in [1.82, 2.24) is 10.3 Å². The maximum atomic E-state index is 12.2. The third-order valence-electron chi connectivity index (χ3n) is 4.34. The molecule has 2 N–H and O–H groups in total. The molecule has 1 aromatic rings. The number of amides is 2. The van der Waals surface area contributed by atoms with Gasteiger partial charge in [-0.15, -0.1) is 0 Å². The lowest BCUT2D eigenvalue weighted by atomic mass is 9.79. The maximum absolute atomic E-state index is 12.2. The third kappa shape index (κ3) is 4.48. The molecule has 5 nitrogen and oxygen atoms in total. The number of hydrogen-bond donors (Lipinski definition) is 2. The highest BCUT2D eigenvalue weighted by Gasteiger charge is 2.38. The molecule has 1 aliphatic rings. The van der Waals surface area contributed by atoms with Crippen LogP contribution in [-0.4, -0.2) is 30.8 Å². The summed E-state index contributed by atoms with van der Waals surface area (Å²) in [5.74, 6) is 0.0445. The smallest absolute Gasteiger partial charge is 0.238 e. The second-order valence-corrected chi connectivity index (χ2v) is 6.39. The first kappa shape index (κ1) is 16.3. The Hall–Kier alpha value is -2.04. The number of anilines is 1. The van der Waals surface area contributed by atoms with Crippen molar-refractivity contribution in [3.8, 4) is 0 Å². The molecular formula is C17H25N3O2. The molecule has 0 unspecified atom stereocenters. The van der Waals surface area contributed by atoms with Crippen LogP contribution in [-0.2, 0) is 9.59 Å². The van der Waals surface area contributed by atoms with Crippen molar-refractivity contribution in [1.29, 1.82) is 0 Å². The zero-order chi connectivity index (χ0) is 16.0. The summed E-state index contributed by atoms with van der Waals surface area (Å²) in [4.78, 5) is 25.9. The third-order valence-corrected chi connectivity index (χ3v) is 4.34. The van der Waals surface area contributed by atoms with Gasteiger partial charge in [-0.05, 0) is 30.4 Å². The van der Waals surface area contributed by atoms with Crippen LogP contribution in [0.2, 0.25) is 0 Å². The first-order valence-corrected chi connectivity index (χ1v) is 7.81. The summed E-state index contributed by atoms with van der Waals surface area (Å²) >= 11 is 0. The Balaban J connectivity index is 1.90. The summed E-state index contributed by atoms with van der Waals surface area (Å²) in [5.41, 5.74) is 6.33. The summed E-state index contributed by atoms with van der Waals surface area (Å²) in [7, 11) is 3.53. The highest BCUT2D eigenvalue weighted by atomic mass is 16.2. The second-order valence-electron chi connectivity index (χ2n) is 6.39. The first-order valence-electron chi connectivity index (χ1n) is 7.81. The number of hydrazine groups is 1. The van der Waals surface area contributed by atoms with E-state index in [9.17, 15) is 9.59 Å². The predicted molar refractivity (Wildman–Crippen MR) is 87.0 cm³/mol. The number of benzene rings is 1. The van der Waals surface area contributed by atoms with Crippen molar-refractivity contribution in [2.45, 2.75) is 38.5 Å². The van der Waals surface area contributed by atoms with Crippen molar-refractivity contribution in [3.63, 3.8) is 0 Å². The largest absolute Gasteiger partial charge is 0.349 e. The van der Waals surface area contributed by atoms with Crippen LogP contribution in [0.15, 0.2) is 30.3 Å². The highest BCUT2D eigenvalue weighted by Crippen LogP contribution is 2.44. The first-order chi connectivity index (χ1) is 10.5. The van der Waals surface area contributed by atoms with Crippen LogP contribution in [0.3, 0.4) is 0 Å². The Morgan fingerprint density at radius 2 is 1.73 bits per heavy atom. The fourth-order valence-corrected chi connectivity index (χ4v) is 3.07. The Morgan fingerprint density at radius 3 is 2.32 bits per heavy atom. The van der Waals surface area contributed by atoms with Gasteiger partial charge in [-0.1, -0.05) is 31.0 Å². The number of nitrogens with zero attached hydrogens (tertiary/aromatic N) is 1.